The van der Waals surface area contributed by atoms with Crippen LogP contribution in [0.3, 0.4) is 0 Å². The zero-order valence-corrected chi connectivity index (χ0v) is 18.6. The van der Waals surface area contributed by atoms with Gasteiger partial charge in [0, 0.05) is 29.6 Å². The quantitative estimate of drug-likeness (QED) is 0.246. The zero-order chi connectivity index (χ0) is 24.5. The molecule has 4 aromatic rings. The first kappa shape index (κ1) is 23.5. The smallest absolute Gasteiger partial charge is 0.417 e. The normalized spacial score (nSPS) is 12.4. The van der Waals surface area contributed by atoms with Crippen LogP contribution in [-0.2, 0) is 6.18 Å². The van der Waals surface area contributed by atoms with Crippen LogP contribution in [0.15, 0.2) is 54.9 Å². The molecule has 1 aromatic carbocycles. The second kappa shape index (κ2) is 9.30. The lowest BCUT2D eigenvalue weighted by Crippen LogP contribution is -2.09. The molecule has 0 aliphatic carbocycles. The van der Waals surface area contributed by atoms with Crippen LogP contribution < -0.4 is 9.47 Å². The molecule has 0 aliphatic rings. The molecule has 0 aliphatic heterocycles. The van der Waals surface area contributed by atoms with Gasteiger partial charge in [-0.05, 0) is 43.3 Å². The van der Waals surface area contributed by atoms with Crippen molar-refractivity contribution in [3.8, 4) is 34.1 Å². The summed E-state index contributed by atoms with van der Waals surface area (Å²) in [5.41, 5.74) is 1.02. The molecule has 1 unspecified atom stereocenters. The third-order valence-corrected chi connectivity index (χ3v) is 5.21. The minimum atomic E-state index is -4.46. The maximum absolute atomic E-state index is 13.1. The van der Waals surface area contributed by atoms with E-state index in [-0.39, 0.29) is 5.15 Å². The molecule has 6 nitrogen and oxygen atoms in total. The molecule has 3 aromatic heterocycles. The number of aromatic amines is 1. The lowest BCUT2D eigenvalue weighted by atomic mass is 10.1. The summed E-state index contributed by atoms with van der Waals surface area (Å²) >= 11 is 6.35. The molecule has 0 spiro atoms. The monoisotopic (exact) mass is 492 g/mol. The number of ether oxygens (including phenoxy) is 2. The minimum Gasteiger partial charge on any atom is -0.496 e. The van der Waals surface area contributed by atoms with E-state index in [1.807, 2.05) is 0 Å². The Balaban J connectivity index is 1.57. The van der Waals surface area contributed by atoms with Gasteiger partial charge in [-0.2, -0.15) is 17.6 Å². The Hall–Kier alpha value is -3.66. The number of nitrogens with zero attached hydrogens (tertiary/aromatic N) is 3. The van der Waals surface area contributed by atoms with Crippen molar-refractivity contribution in [3.63, 3.8) is 0 Å². The van der Waals surface area contributed by atoms with E-state index < -0.39 is 23.8 Å². The van der Waals surface area contributed by atoms with Gasteiger partial charge >= 0.3 is 6.18 Å². The van der Waals surface area contributed by atoms with Gasteiger partial charge in [-0.1, -0.05) is 11.6 Å². The summed E-state index contributed by atoms with van der Waals surface area (Å²) in [5.74, 6) is 0.600. The van der Waals surface area contributed by atoms with Crippen LogP contribution in [0, 0.1) is 5.95 Å². The van der Waals surface area contributed by atoms with E-state index in [4.69, 9.17) is 21.1 Å². The number of hydrogen-bond donors (Lipinski definition) is 1. The van der Waals surface area contributed by atoms with Crippen LogP contribution in [0.4, 0.5) is 17.6 Å². The predicted octanol–water partition coefficient (Wildman–Crippen LogP) is 6.49. The molecule has 4 rings (SSSR count). The highest BCUT2D eigenvalue weighted by atomic mass is 35.5. The number of rotatable bonds is 6. The first-order valence-electron chi connectivity index (χ1n) is 9.91. The van der Waals surface area contributed by atoms with Gasteiger partial charge in [0.05, 0.1) is 18.4 Å². The van der Waals surface area contributed by atoms with E-state index in [0.29, 0.717) is 39.8 Å². The van der Waals surface area contributed by atoms with Crippen molar-refractivity contribution in [1.29, 1.82) is 0 Å². The van der Waals surface area contributed by atoms with E-state index in [1.165, 1.54) is 31.5 Å². The zero-order valence-electron chi connectivity index (χ0n) is 17.8. The van der Waals surface area contributed by atoms with Gasteiger partial charge in [-0.25, -0.2) is 9.97 Å². The number of halogens is 5. The van der Waals surface area contributed by atoms with Gasteiger partial charge in [0.15, 0.2) is 0 Å². The van der Waals surface area contributed by atoms with Gasteiger partial charge in [0.1, 0.15) is 34.3 Å². The third kappa shape index (κ3) is 4.96. The Morgan fingerprint density at radius 2 is 1.82 bits per heavy atom. The van der Waals surface area contributed by atoms with Gasteiger partial charge in [0.2, 0.25) is 5.95 Å². The molecule has 3 heterocycles. The Bertz CT molecular complexity index is 1290. The van der Waals surface area contributed by atoms with Crippen LogP contribution in [0.2, 0.25) is 5.15 Å². The summed E-state index contributed by atoms with van der Waals surface area (Å²) < 4.78 is 62.7. The Labute approximate surface area is 196 Å². The maximum atomic E-state index is 13.1. The van der Waals surface area contributed by atoms with Gasteiger partial charge < -0.3 is 14.5 Å². The minimum absolute atomic E-state index is 0.244. The summed E-state index contributed by atoms with van der Waals surface area (Å²) in [7, 11) is 1.47. The van der Waals surface area contributed by atoms with E-state index >= 15 is 0 Å². The van der Waals surface area contributed by atoms with Gasteiger partial charge in [-0.3, -0.25) is 4.98 Å². The molecule has 1 atom stereocenters. The number of alkyl halides is 3. The van der Waals surface area contributed by atoms with Crippen molar-refractivity contribution in [2.24, 2.45) is 0 Å². The number of aromatic nitrogens is 4. The Morgan fingerprint density at radius 1 is 1.03 bits per heavy atom. The van der Waals surface area contributed by atoms with E-state index in [1.54, 1.807) is 25.1 Å². The average Bonchev–Trinajstić information content (AvgIpc) is 3.20. The Kier molecular flexibility index (Phi) is 6.43. The van der Waals surface area contributed by atoms with Crippen molar-refractivity contribution in [3.05, 3.63) is 77.2 Å². The van der Waals surface area contributed by atoms with Crippen molar-refractivity contribution in [2.45, 2.75) is 19.2 Å². The third-order valence-electron chi connectivity index (χ3n) is 4.93. The molecular weight excluding hydrogens is 476 g/mol. The molecule has 34 heavy (non-hydrogen) atoms. The van der Waals surface area contributed by atoms with Crippen molar-refractivity contribution >= 4 is 11.6 Å². The second-order valence-electron chi connectivity index (χ2n) is 7.21. The lowest BCUT2D eigenvalue weighted by molar-refractivity contribution is -0.137. The molecule has 0 fully saturated rings. The highest BCUT2D eigenvalue weighted by Gasteiger charge is 2.31. The number of benzene rings is 1. The van der Waals surface area contributed by atoms with Crippen LogP contribution in [-0.4, -0.2) is 27.0 Å². The number of hydrogen-bond acceptors (Lipinski definition) is 5. The summed E-state index contributed by atoms with van der Waals surface area (Å²) in [6.07, 6.45) is -2.98. The standard InChI is InChI=1S/C23H17ClF4N4O2/c1-12(17-7-4-14(11-29-17)23(26,27)28)34-15-5-6-16(18(9-15)33-2)20-21(24)32-22(31-20)13-3-8-19(25)30-10-13/h3-12H,1-2H3,(H,31,32). The van der Waals surface area contributed by atoms with Gasteiger partial charge in [-0.15, -0.1) is 0 Å². The number of nitrogens with one attached hydrogen (secondary N) is 1. The predicted molar refractivity (Wildman–Crippen MR) is 117 cm³/mol. The fourth-order valence-electron chi connectivity index (χ4n) is 3.20. The number of H-pyrrole nitrogens is 1. The molecule has 0 bridgehead atoms. The summed E-state index contributed by atoms with van der Waals surface area (Å²) in [6, 6.07) is 9.92. The fraction of sp³-hybridized carbons (Fsp3) is 0.174. The molecule has 0 saturated carbocycles. The molecule has 0 radical (unpaired) electrons. The number of imidazole rings is 1. The summed E-state index contributed by atoms with van der Waals surface area (Å²) in [6.45, 7) is 1.67. The molecular formula is C23H17ClF4N4O2. The number of methoxy groups -OCH3 is 1. The first-order chi connectivity index (χ1) is 16.2. The van der Waals surface area contributed by atoms with Gasteiger partial charge in [0.25, 0.3) is 0 Å². The average molecular weight is 493 g/mol. The van der Waals surface area contributed by atoms with E-state index in [0.717, 1.165) is 12.3 Å². The lowest BCUT2D eigenvalue weighted by Gasteiger charge is -2.16. The molecule has 1 N–H and O–H groups in total. The highest BCUT2D eigenvalue weighted by Crippen LogP contribution is 2.38. The maximum Gasteiger partial charge on any atom is 0.417 e. The Morgan fingerprint density at radius 3 is 2.44 bits per heavy atom. The van der Waals surface area contributed by atoms with E-state index in [9.17, 15) is 17.6 Å². The summed E-state index contributed by atoms with van der Waals surface area (Å²) in [5, 5.41) is 0.244. The van der Waals surface area contributed by atoms with Crippen molar-refractivity contribution in [2.75, 3.05) is 7.11 Å². The van der Waals surface area contributed by atoms with Crippen LogP contribution >= 0.6 is 11.6 Å². The summed E-state index contributed by atoms with van der Waals surface area (Å²) in [4.78, 5) is 14.9. The van der Waals surface area contributed by atoms with Crippen molar-refractivity contribution in [1.82, 2.24) is 19.9 Å². The SMILES string of the molecule is COc1cc(OC(C)c2ccc(C(F)(F)F)cn2)ccc1-c1nc(-c2ccc(F)nc2)[nH]c1Cl. The van der Waals surface area contributed by atoms with Crippen LogP contribution in [0.25, 0.3) is 22.6 Å². The van der Waals surface area contributed by atoms with Crippen LogP contribution in [0.1, 0.15) is 24.3 Å². The second-order valence-corrected chi connectivity index (χ2v) is 7.59. The number of pyridine rings is 2. The molecule has 0 saturated heterocycles. The van der Waals surface area contributed by atoms with Crippen LogP contribution in [0.5, 0.6) is 11.5 Å². The van der Waals surface area contributed by atoms with E-state index in [2.05, 4.69) is 19.9 Å². The molecule has 0 amide bonds. The molecule has 11 heteroatoms. The molecule has 176 valence electrons. The van der Waals surface area contributed by atoms with Crippen molar-refractivity contribution < 1.29 is 27.0 Å². The topological polar surface area (TPSA) is 72.9 Å². The highest BCUT2D eigenvalue weighted by molar-refractivity contribution is 6.32. The first-order valence-corrected chi connectivity index (χ1v) is 10.3. The largest absolute Gasteiger partial charge is 0.496 e. The fourth-order valence-corrected chi connectivity index (χ4v) is 3.44.